The molecule has 6 heteroatoms. The topological polar surface area (TPSA) is 64.6 Å². The summed E-state index contributed by atoms with van der Waals surface area (Å²) in [5.74, 6) is -0.0360. The standard InChI is InChI=1S/C23H26ClNO4/c1-3-21(29-18-11-9-15-7-5-6-8-16(15)13-18)22(26)25-17-10-12-19(20(24)14-17)23(27)28-4-2/h9-14,21H,3-8H2,1-2H3,(H,25,26)/t21-/m1/s1. The number of carbonyl (C=O) groups excluding carboxylic acids is 2. The molecular formula is C23H26ClNO4. The van der Waals surface area contributed by atoms with Crippen LogP contribution in [0.4, 0.5) is 5.69 Å². The van der Waals surface area contributed by atoms with E-state index in [1.807, 2.05) is 13.0 Å². The van der Waals surface area contributed by atoms with Gasteiger partial charge in [-0.2, -0.15) is 0 Å². The zero-order valence-electron chi connectivity index (χ0n) is 16.8. The second-order valence-corrected chi connectivity index (χ2v) is 7.46. The Morgan fingerprint density at radius 1 is 1.07 bits per heavy atom. The van der Waals surface area contributed by atoms with Gasteiger partial charge in [-0.3, -0.25) is 4.79 Å². The Labute approximate surface area is 176 Å². The second kappa shape index (κ2) is 9.79. The van der Waals surface area contributed by atoms with Crippen molar-refractivity contribution < 1.29 is 19.1 Å². The fourth-order valence-electron chi connectivity index (χ4n) is 3.46. The summed E-state index contributed by atoms with van der Waals surface area (Å²) in [6.45, 7) is 3.90. The maximum Gasteiger partial charge on any atom is 0.339 e. The predicted molar refractivity (Wildman–Crippen MR) is 114 cm³/mol. The van der Waals surface area contributed by atoms with Crippen molar-refractivity contribution >= 4 is 29.2 Å². The van der Waals surface area contributed by atoms with Gasteiger partial charge in [-0.05, 0) is 80.5 Å². The highest BCUT2D eigenvalue weighted by atomic mass is 35.5. The number of hydrogen-bond acceptors (Lipinski definition) is 4. The summed E-state index contributed by atoms with van der Waals surface area (Å²) >= 11 is 6.17. The van der Waals surface area contributed by atoms with Crippen molar-refractivity contribution in [2.45, 2.75) is 52.1 Å². The predicted octanol–water partition coefficient (Wildman–Crippen LogP) is 5.19. The SMILES string of the molecule is CCOC(=O)c1ccc(NC(=O)[C@@H](CC)Oc2ccc3c(c2)CCCC3)cc1Cl. The molecule has 0 unspecified atom stereocenters. The summed E-state index contributed by atoms with van der Waals surface area (Å²) in [4.78, 5) is 24.5. The molecular weight excluding hydrogens is 390 g/mol. The van der Waals surface area contributed by atoms with Crippen molar-refractivity contribution in [1.29, 1.82) is 0 Å². The molecule has 3 rings (SSSR count). The Hall–Kier alpha value is -2.53. The van der Waals surface area contributed by atoms with Crippen LogP contribution in [-0.4, -0.2) is 24.6 Å². The van der Waals surface area contributed by atoms with E-state index >= 15 is 0 Å². The summed E-state index contributed by atoms with van der Waals surface area (Å²) in [6.07, 6.45) is 4.48. The van der Waals surface area contributed by atoms with Crippen molar-refractivity contribution in [3.05, 3.63) is 58.1 Å². The molecule has 5 nitrogen and oxygen atoms in total. The number of hydrogen-bond donors (Lipinski definition) is 1. The lowest BCUT2D eigenvalue weighted by Gasteiger charge is -2.20. The molecule has 1 aliphatic rings. The number of benzene rings is 2. The third kappa shape index (κ3) is 5.30. The minimum absolute atomic E-state index is 0.227. The van der Waals surface area contributed by atoms with Crippen molar-refractivity contribution in [2.75, 3.05) is 11.9 Å². The first-order valence-electron chi connectivity index (χ1n) is 10.1. The number of halogens is 1. The fourth-order valence-corrected chi connectivity index (χ4v) is 3.72. The molecule has 0 aliphatic heterocycles. The van der Waals surface area contributed by atoms with Gasteiger partial charge in [0, 0.05) is 5.69 Å². The highest BCUT2D eigenvalue weighted by molar-refractivity contribution is 6.34. The molecule has 0 fully saturated rings. The molecule has 0 saturated heterocycles. The number of anilines is 1. The number of nitrogens with one attached hydrogen (secondary N) is 1. The molecule has 2 aromatic carbocycles. The normalized spacial score (nSPS) is 13.9. The van der Waals surface area contributed by atoms with Crippen molar-refractivity contribution in [3.63, 3.8) is 0 Å². The van der Waals surface area contributed by atoms with E-state index in [2.05, 4.69) is 17.4 Å². The average molecular weight is 416 g/mol. The third-order valence-electron chi connectivity index (χ3n) is 4.99. The zero-order chi connectivity index (χ0) is 20.8. The minimum Gasteiger partial charge on any atom is -0.481 e. The number of esters is 1. The van der Waals surface area contributed by atoms with Crippen LogP contribution < -0.4 is 10.1 Å². The fraction of sp³-hybridized carbons (Fsp3) is 0.391. The number of carbonyl (C=O) groups is 2. The summed E-state index contributed by atoms with van der Waals surface area (Å²) in [5.41, 5.74) is 3.45. The average Bonchev–Trinajstić information content (AvgIpc) is 2.72. The molecule has 0 radical (unpaired) electrons. The molecule has 0 heterocycles. The summed E-state index contributed by atoms with van der Waals surface area (Å²) in [6, 6.07) is 10.8. The van der Waals surface area contributed by atoms with Crippen LogP contribution in [0.15, 0.2) is 36.4 Å². The van der Waals surface area contributed by atoms with Crippen LogP contribution >= 0.6 is 11.6 Å². The number of amides is 1. The Balaban J connectivity index is 1.67. The number of aryl methyl sites for hydroxylation is 2. The van der Waals surface area contributed by atoms with Gasteiger partial charge in [0.1, 0.15) is 5.75 Å². The molecule has 29 heavy (non-hydrogen) atoms. The van der Waals surface area contributed by atoms with Crippen molar-refractivity contribution in [2.24, 2.45) is 0 Å². The molecule has 0 saturated carbocycles. The highest BCUT2D eigenvalue weighted by Gasteiger charge is 2.20. The first-order valence-corrected chi connectivity index (χ1v) is 10.5. The van der Waals surface area contributed by atoms with Crippen LogP contribution in [0.5, 0.6) is 5.75 Å². The second-order valence-electron chi connectivity index (χ2n) is 7.06. The van der Waals surface area contributed by atoms with Gasteiger partial charge in [0.15, 0.2) is 6.10 Å². The number of fused-ring (bicyclic) bond motifs is 1. The molecule has 154 valence electrons. The van der Waals surface area contributed by atoms with Gasteiger partial charge < -0.3 is 14.8 Å². The molecule has 0 bridgehead atoms. The molecule has 1 amide bonds. The lowest BCUT2D eigenvalue weighted by Crippen LogP contribution is -2.32. The van der Waals surface area contributed by atoms with Gasteiger partial charge >= 0.3 is 5.97 Å². The van der Waals surface area contributed by atoms with Crippen molar-refractivity contribution in [3.8, 4) is 5.75 Å². The first kappa shape index (κ1) is 21.2. The van der Waals surface area contributed by atoms with E-state index in [-0.39, 0.29) is 23.1 Å². The number of rotatable bonds is 7. The van der Waals surface area contributed by atoms with Crippen LogP contribution in [0, 0.1) is 0 Å². The van der Waals surface area contributed by atoms with E-state index in [0.717, 1.165) is 12.8 Å². The van der Waals surface area contributed by atoms with E-state index in [1.165, 1.54) is 30.0 Å². The molecule has 0 aromatic heterocycles. The lowest BCUT2D eigenvalue weighted by atomic mass is 9.92. The monoisotopic (exact) mass is 415 g/mol. The van der Waals surface area contributed by atoms with Crippen LogP contribution in [-0.2, 0) is 22.4 Å². The Morgan fingerprint density at radius 2 is 1.83 bits per heavy atom. The smallest absolute Gasteiger partial charge is 0.339 e. The van der Waals surface area contributed by atoms with Crippen molar-refractivity contribution in [1.82, 2.24) is 0 Å². The Bertz CT molecular complexity index is 896. The molecule has 1 atom stereocenters. The van der Waals surface area contributed by atoms with Gasteiger partial charge in [-0.25, -0.2) is 4.79 Å². The minimum atomic E-state index is -0.625. The maximum atomic E-state index is 12.7. The lowest BCUT2D eigenvalue weighted by molar-refractivity contribution is -0.122. The van der Waals surface area contributed by atoms with Gasteiger partial charge in [0.25, 0.3) is 5.91 Å². The largest absolute Gasteiger partial charge is 0.481 e. The van der Waals surface area contributed by atoms with Crippen LogP contribution in [0.3, 0.4) is 0 Å². The van der Waals surface area contributed by atoms with E-state index in [1.54, 1.807) is 19.1 Å². The molecule has 2 aromatic rings. The number of ether oxygens (including phenoxy) is 2. The first-order chi connectivity index (χ1) is 14.0. The molecule has 1 aliphatic carbocycles. The zero-order valence-corrected chi connectivity index (χ0v) is 17.6. The quantitative estimate of drug-likeness (QED) is 0.632. The van der Waals surface area contributed by atoms with E-state index in [4.69, 9.17) is 21.1 Å². The summed E-state index contributed by atoms with van der Waals surface area (Å²) in [5, 5.41) is 3.04. The van der Waals surface area contributed by atoms with Crippen LogP contribution in [0.25, 0.3) is 0 Å². The third-order valence-corrected chi connectivity index (χ3v) is 5.31. The highest BCUT2D eigenvalue weighted by Crippen LogP contribution is 2.27. The van der Waals surface area contributed by atoms with E-state index < -0.39 is 12.1 Å². The van der Waals surface area contributed by atoms with E-state index in [0.29, 0.717) is 17.9 Å². The van der Waals surface area contributed by atoms with Gasteiger partial charge in [0.05, 0.1) is 17.2 Å². The van der Waals surface area contributed by atoms with E-state index in [9.17, 15) is 9.59 Å². The Morgan fingerprint density at radius 3 is 2.52 bits per heavy atom. The van der Waals surface area contributed by atoms with Crippen LogP contribution in [0.2, 0.25) is 5.02 Å². The molecule has 1 N–H and O–H groups in total. The van der Waals surface area contributed by atoms with Crippen LogP contribution in [0.1, 0.15) is 54.6 Å². The summed E-state index contributed by atoms with van der Waals surface area (Å²) < 4.78 is 10.9. The molecule has 0 spiro atoms. The van der Waals surface area contributed by atoms with Gasteiger partial charge in [-0.15, -0.1) is 0 Å². The maximum absolute atomic E-state index is 12.7. The Kier molecular flexibility index (Phi) is 7.15. The van der Waals surface area contributed by atoms with Gasteiger partial charge in [-0.1, -0.05) is 24.6 Å². The van der Waals surface area contributed by atoms with Gasteiger partial charge in [0.2, 0.25) is 0 Å². The summed E-state index contributed by atoms with van der Waals surface area (Å²) in [7, 11) is 0.